The Bertz CT molecular complexity index is 1340. The second-order valence-electron chi connectivity index (χ2n) is 6.08. The Morgan fingerprint density at radius 1 is 1.23 bits per heavy atom. The summed E-state index contributed by atoms with van der Waals surface area (Å²) < 4.78 is 32.8. The number of nitrogens with one attached hydrogen (secondary N) is 2. The lowest BCUT2D eigenvalue weighted by Crippen LogP contribution is -2.19. The fourth-order valence-corrected chi connectivity index (χ4v) is 5.84. The van der Waals surface area contributed by atoms with Gasteiger partial charge in [-0.1, -0.05) is 47.2 Å². The van der Waals surface area contributed by atoms with Crippen molar-refractivity contribution in [1.29, 1.82) is 0 Å². The van der Waals surface area contributed by atoms with E-state index in [1.165, 1.54) is 19.2 Å². The lowest BCUT2D eigenvalue weighted by atomic mass is 10.1. The fourth-order valence-electron chi connectivity index (χ4n) is 2.88. The van der Waals surface area contributed by atoms with Crippen molar-refractivity contribution in [3.63, 3.8) is 0 Å². The van der Waals surface area contributed by atoms with Gasteiger partial charge in [-0.2, -0.15) is 0 Å². The maximum Gasteiger partial charge on any atom is 0.263 e. The molecule has 0 aliphatic carbocycles. The summed E-state index contributed by atoms with van der Waals surface area (Å²) in [5.41, 5.74) is 1.58. The first-order valence-electron chi connectivity index (χ1n) is 8.25. The molecule has 2 N–H and O–H groups in total. The first-order chi connectivity index (χ1) is 14.2. The highest BCUT2D eigenvalue weighted by molar-refractivity contribution is 8.26. The van der Waals surface area contributed by atoms with Crippen LogP contribution in [0.2, 0.25) is 10.0 Å². The zero-order chi connectivity index (χ0) is 21.6. The summed E-state index contributed by atoms with van der Waals surface area (Å²) in [4.78, 5) is 16.3. The molecule has 4 rings (SSSR count). The van der Waals surface area contributed by atoms with Gasteiger partial charge in [-0.25, -0.2) is 13.1 Å². The third kappa shape index (κ3) is 3.86. The number of hydrogen-bond donors (Lipinski definition) is 2. The van der Waals surface area contributed by atoms with Crippen LogP contribution in [0.15, 0.2) is 44.8 Å². The number of amides is 1. The van der Waals surface area contributed by atoms with Crippen LogP contribution in [0, 0.1) is 0 Å². The quantitative estimate of drug-likeness (QED) is 0.409. The summed E-state index contributed by atoms with van der Waals surface area (Å²) in [6, 6.07) is 4.69. The molecule has 7 nitrogen and oxygen atoms in total. The topological polar surface area (TPSA) is 101 Å². The van der Waals surface area contributed by atoms with E-state index in [4.69, 9.17) is 39.8 Å². The second kappa shape index (κ2) is 7.95. The summed E-state index contributed by atoms with van der Waals surface area (Å²) in [7, 11) is -2.56. The molecule has 1 aliphatic heterocycles. The van der Waals surface area contributed by atoms with Crippen LogP contribution in [-0.4, -0.2) is 30.7 Å². The monoisotopic (exact) mass is 499 g/mol. The zero-order valence-electron chi connectivity index (χ0n) is 15.0. The van der Waals surface area contributed by atoms with Gasteiger partial charge in [0.2, 0.25) is 10.0 Å². The molecule has 1 fully saturated rings. The largest absolute Gasteiger partial charge is 0.456 e. The van der Waals surface area contributed by atoms with Crippen molar-refractivity contribution < 1.29 is 17.6 Å². The Morgan fingerprint density at radius 2 is 1.93 bits per heavy atom. The number of thioether (sulfide) groups is 1. The van der Waals surface area contributed by atoms with Gasteiger partial charge in [0.25, 0.3) is 5.91 Å². The average Bonchev–Trinajstić information content (AvgIpc) is 3.22. The van der Waals surface area contributed by atoms with Crippen molar-refractivity contribution in [2.24, 2.45) is 0 Å². The Balaban J connectivity index is 1.83. The first-order valence-corrected chi connectivity index (χ1v) is 11.7. The van der Waals surface area contributed by atoms with Crippen molar-refractivity contribution in [2.75, 3.05) is 7.05 Å². The van der Waals surface area contributed by atoms with Gasteiger partial charge < -0.3 is 9.73 Å². The van der Waals surface area contributed by atoms with Crippen LogP contribution < -0.4 is 10.0 Å². The van der Waals surface area contributed by atoms with Crippen LogP contribution in [0.25, 0.3) is 28.2 Å². The van der Waals surface area contributed by atoms with Gasteiger partial charge in [0.1, 0.15) is 20.6 Å². The molecule has 154 valence electrons. The highest BCUT2D eigenvalue weighted by atomic mass is 35.5. The molecular weight excluding hydrogens is 489 g/mol. The van der Waals surface area contributed by atoms with E-state index in [1.807, 2.05) is 0 Å². The summed E-state index contributed by atoms with van der Waals surface area (Å²) in [6.45, 7) is 0. The predicted molar refractivity (Wildman–Crippen MR) is 122 cm³/mol. The number of carbonyl (C=O) groups is 1. The molecule has 30 heavy (non-hydrogen) atoms. The fraction of sp³-hybridized carbons (Fsp3) is 0.0556. The predicted octanol–water partition coefficient (Wildman–Crippen LogP) is 4.20. The van der Waals surface area contributed by atoms with E-state index in [0.717, 1.165) is 11.8 Å². The number of aromatic nitrogens is 1. The highest BCUT2D eigenvalue weighted by Gasteiger charge is 2.24. The van der Waals surface area contributed by atoms with Crippen molar-refractivity contribution in [2.45, 2.75) is 4.90 Å². The Hall–Kier alpha value is -1.95. The number of hydrogen-bond acceptors (Lipinski definition) is 7. The van der Waals surface area contributed by atoms with Gasteiger partial charge >= 0.3 is 0 Å². The number of pyridine rings is 1. The molecule has 0 unspecified atom stereocenters. The molecule has 0 atom stereocenters. The van der Waals surface area contributed by atoms with Crippen LogP contribution in [0.1, 0.15) is 5.76 Å². The van der Waals surface area contributed by atoms with E-state index in [9.17, 15) is 13.2 Å². The Morgan fingerprint density at radius 3 is 2.53 bits per heavy atom. The van der Waals surface area contributed by atoms with E-state index >= 15 is 0 Å². The molecular formula is C18H11Cl2N3O4S3. The number of thiocarbonyl (C=S) groups is 1. The molecule has 0 saturated carbocycles. The number of sulfonamides is 1. The van der Waals surface area contributed by atoms with Crippen molar-refractivity contribution in [3.8, 4) is 11.1 Å². The second-order valence-corrected chi connectivity index (χ2v) is 10.4. The van der Waals surface area contributed by atoms with Crippen LogP contribution in [0.4, 0.5) is 0 Å². The van der Waals surface area contributed by atoms with Gasteiger partial charge in [-0.3, -0.25) is 9.78 Å². The minimum Gasteiger partial charge on any atom is -0.456 e. The van der Waals surface area contributed by atoms with Crippen molar-refractivity contribution in [1.82, 2.24) is 15.0 Å². The standard InChI is InChI=1S/C18H11Cl2N3O4S3/c1-21-30(25,26)16-12(19)3-8(4-13(16)20)11-7-22-6-9-2-10(27-15(9)11)5-14-17(24)23-18(28)29-14/h2-7,21H,1H3,(H,23,24,28)/b14-5+. The highest BCUT2D eigenvalue weighted by Crippen LogP contribution is 2.38. The van der Waals surface area contributed by atoms with Gasteiger partial charge in [0, 0.05) is 29.4 Å². The maximum atomic E-state index is 12.2. The van der Waals surface area contributed by atoms with E-state index < -0.39 is 10.0 Å². The summed E-state index contributed by atoms with van der Waals surface area (Å²) in [5.74, 6) is 0.150. The van der Waals surface area contributed by atoms with E-state index in [-0.39, 0.29) is 20.8 Å². The molecule has 0 radical (unpaired) electrons. The number of rotatable bonds is 4. The Kier molecular flexibility index (Phi) is 5.64. The third-order valence-corrected chi connectivity index (χ3v) is 7.70. The minimum atomic E-state index is -3.83. The van der Waals surface area contributed by atoms with Crippen LogP contribution >= 0.6 is 47.2 Å². The molecule has 1 amide bonds. The van der Waals surface area contributed by atoms with Gasteiger partial charge in [-0.05, 0) is 30.8 Å². The van der Waals surface area contributed by atoms with Crippen LogP contribution in [0.5, 0.6) is 0 Å². The first kappa shape index (κ1) is 21.3. The van der Waals surface area contributed by atoms with E-state index in [1.54, 1.807) is 24.5 Å². The molecule has 1 aliphatic rings. The van der Waals surface area contributed by atoms with Crippen LogP contribution in [0.3, 0.4) is 0 Å². The SMILES string of the molecule is CNS(=O)(=O)c1c(Cl)cc(-c2cncc3cc(/C=C4/SC(=S)NC4=O)oc23)cc1Cl. The maximum absolute atomic E-state index is 12.2. The van der Waals surface area contributed by atoms with Crippen molar-refractivity contribution >= 4 is 84.5 Å². The molecule has 2 aromatic heterocycles. The molecule has 0 spiro atoms. The van der Waals surface area contributed by atoms with Gasteiger partial charge in [-0.15, -0.1) is 0 Å². The summed E-state index contributed by atoms with van der Waals surface area (Å²) in [6.07, 6.45) is 4.76. The number of nitrogens with zero attached hydrogens (tertiary/aromatic N) is 1. The van der Waals surface area contributed by atoms with E-state index in [0.29, 0.717) is 37.1 Å². The number of fused-ring (bicyclic) bond motifs is 1. The smallest absolute Gasteiger partial charge is 0.263 e. The van der Waals surface area contributed by atoms with Crippen molar-refractivity contribution in [3.05, 3.63) is 51.3 Å². The normalized spacial score (nSPS) is 15.9. The molecule has 3 heterocycles. The Labute approximate surface area is 190 Å². The average molecular weight is 500 g/mol. The summed E-state index contributed by atoms with van der Waals surface area (Å²) in [5, 5.41) is 3.15. The molecule has 12 heteroatoms. The van der Waals surface area contributed by atoms with Crippen LogP contribution in [-0.2, 0) is 14.8 Å². The molecule has 1 aromatic carbocycles. The minimum absolute atomic E-state index is 0.0368. The third-order valence-electron chi connectivity index (χ3n) is 4.20. The number of furan rings is 1. The molecule has 1 saturated heterocycles. The zero-order valence-corrected chi connectivity index (χ0v) is 19.0. The van der Waals surface area contributed by atoms with Gasteiger partial charge in [0.15, 0.2) is 0 Å². The van der Waals surface area contributed by atoms with E-state index in [2.05, 4.69) is 15.0 Å². The summed E-state index contributed by atoms with van der Waals surface area (Å²) >= 11 is 18.6. The number of halogens is 2. The molecule has 3 aromatic rings. The molecule has 0 bridgehead atoms. The van der Waals surface area contributed by atoms with Gasteiger partial charge in [0.05, 0.1) is 15.0 Å². The number of carbonyl (C=O) groups excluding carboxylic acids is 1. The lowest BCUT2D eigenvalue weighted by molar-refractivity contribution is -0.115. The lowest BCUT2D eigenvalue weighted by Gasteiger charge is -2.10. The number of benzene rings is 1.